The highest BCUT2D eigenvalue weighted by atomic mass is 16.6. The van der Waals surface area contributed by atoms with Crippen LogP contribution in [0.4, 0.5) is 10.5 Å². The standard InChI is InChI=1S/C32H41N3O6/c1-5-6-7-12-19-35(30(39)26(21-36)34-31(40)41-32(2,3)4)28(25-15-10-11-16-27(25)37)29(38)33-24-18-17-22-13-8-9-14-23(22)20-24/h8-11,13-18,20,26,28,36-37H,5-7,12,19,21H2,1-4H3,(H,33,38)(H,34,40). The second kappa shape index (κ2) is 14.5. The fraction of sp³-hybridized carbons (Fsp3) is 0.406. The molecule has 0 saturated heterocycles. The van der Waals surface area contributed by atoms with Crippen LogP contribution >= 0.6 is 0 Å². The van der Waals surface area contributed by atoms with Gasteiger partial charge < -0.3 is 30.5 Å². The van der Waals surface area contributed by atoms with Crippen LogP contribution < -0.4 is 10.6 Å². The highest BCUT2D eigenvalue weighted by Gasteiger charge is 2.37. The van der Waals surface area contributed by atoms with Crippen molar-refractivity contribution in [3.8, 4) is 5.75 Å². The summed E-state index contributed by atoms with van der Waals surface area (Å²) in [7, 11) is 0. The Balaban J connectivity index is 1.99. The zero-order chi connectivity index (χ0) is 30.0. The predicted molar refractivity (Wildman–Crippen MR) is 160 cm³/mol. The van der Waals surface area contributed by atoms with Crippen LogP contribution in [-0.2, 0) is 14.3 Å². The summed E-state index contributed by atoms with van der Waals surface area (Å²) < 4.78 is 5.29. The van der Waals surface area contributed by atoms with Crippen molar-refractivity contribution in [2.75, 3.05) is 18.5 Å². The molecule has 0 aliphatic heterocycles. The lowest BCUT2D eigenvalue weighted by molar-refractivity contribution is -0.141. The Morgan fingerprint density at radius 2 is 1.61 bits per heavy atom. The second-order valence-electron chi connectivity index (χ2n) is 11.0. The first-order valence-corrected chi connectivity index (χ1v) is 14.0. The van der Waals surface area contributed by atoms with Crippen LogP contribution in [0.25, 0.3) is 10.8 Å². The Morgan fingerprint density at radius 1 is 0.927 bits per heavy atom. The molecule has 0 aliphatic carbocycles. The number of hydrogen-bond acceptors (Lipinski definition) is 6. The summed E-state index contributed by atoms with van der Waals surface area (Å²) in [4.78, 5) is 41.7. The van der Waals surface area contributed by atoms with Gasteiger partial charge in [0, 0.05) is 17.8 Å². The number of amides is 3. The number of anilines is 1. The zero-order valence-electron chi connectivity index (χ0n) is 24.2. The van der Waals surface area contributed by atoms with E-state index in [1.165, 1.54) is 11.0 Å². The number of benzene rings is 3. The van der Waals surface area contributed by atoms with E-state index >= 15 is 0 Å². The molecule has 0 saturated carbocycles. The molecule has 2 atom stereocenters. The molecule has 3 aromatic carbocycles. The summed E-state index contributed by atoms with van der Waals surface area (Å²) in [5.74, 6) is -1.37. The third-order valence-electron chi connectivity index (χ3n) is 6.52. The lowest BCUT2D eigenvalue weighted by atomic mass is 10.0. The van der Waals surface area contributed by atoms with Crippen molar-refractivity contribution in [2.45, 2.75) is 71.1 Å². The summed E-state index contributed by atoms with van der Waals surface area (Å²) in [6.07, 6.45) is 2.43. The molecule has 3 aromatic rings. The molecule has 2 unspecified atom stereocenters. The fourth-order valence-electron chi connectivity index (χ4n) is 4.56. The molecule has 0 aliphatic rings. The van der Waals surface area contributed by atoms with Crippen LogP contribution in [0.2, 0.25) is 0 Å². The van der Waals surface area contributed by atoms with Gasteiger partial charge in [0.15, 0.2) is 0 Å². The first-order chi connectivity index (χ1) is 19.5. The molecular weight excluding hydrogens is 522 g/mol. The van der Waals surface area contributed by atoms with E-state index in [0.717, 1.165) is 30.0 Å². The Bertz CT molecular complexity index is 1340. The van der Waals surface area contributed by atoms with Crippen molar-refractivity contribution >= 4 is 34.4 Å². The molecule has 0 spiro atoms. The van der Waals surface area contributed by atoms with E-state index < -0.39 is 42.2 Å². The van der Waals surface area contributed by atoms with Gasteiger partial charge in [-0.3, -0.25) is 9.59 Å². The molecule has 41 heavy (non-hydrogen) atoms. The van der Waals surface area contributed by atoms with Crippen molar-refractivity contribution in [1.29, 1.82) is 0 Å². The number of hydrogen-bond donors (Lipinski definition) is 4. The minimum Gasteiger partial charge on any atom is -0.508 e. The van der Waals surface area contributed by atoms with E-state index in [-0.39, 0.29) is 17.9 Å². The summed E-state index contributed by atoms with van der Waals surface area (Å²) in [6, 6.07) is 17.0. The summed E-state index contributed by atoms with van der Waals surface area (Å²) >= 11 is 0. The topological polar surface area (TPSA) is 128 Å². The van der Waals surface area contributed by atoms with Gasteiger partial charge in [0.2, 0.25) is 5.91 Å². The van der Waals surface area contributed by atoms with E-state index in [9.17, 15) is 24.6 Å². The molecule has 9 heteroatoms. The van der Waals surface area contributed by atoms with Gasteiger partial charge in [0.1, 0.15) is 23.4 Å². The highest BCUT2D eigenvalue weighted by Crippen LogP contribution is 2.31. The van der Waals surface area contributed by atoms with Gasteiger partial charge >= 0.3 is 6.09 Å². The number of aliphatic hydroxyl groups excluding tert-OH is 1. The average molecular weight is 564 g/mol. The van der Waals surface area contributed by atoms with Gasteiger partial charge in [-0.2, -0.15) is 0 Å². The number of alkyl carbamates (subject to hydrolysis) is 1. The Labute approximate surface area is 241 Å². The van der Waals surface area contributed by atoms with Crippen LogP contribution in [0.15, 0.2) is 66.7 Å². The number of rotatable bonds is 12. The van der Waals surface area contributed by atoms with Crippen LogP contribution in [0.1, 0.15) is 65.0 Å². The predicted octanol–water partition coefficient (Wildman–Crippen LogP) is 5.52. The number of aromatic hydroxyl groups is 1. The van der Waals surface area contributed by atoms with Crippen LogP contribution in [0.3, 0.4) is 0 Å². The molecule has 3 rings (SSSR count). The Hall–Kier alpha value is -4.11. The smallest absolute Gasteiger partial charge is 0.408 e. The molecule has 4 N–H and O–H groups in total. The minimum absolute atomic E-state index is 0.154. The number of nitrogens with one attached hydrogen (secondary N) is 2. The van der Waals surface area contributed by atoms with Crippen molar-refractivity contribution < 1.29 is 29.3 Å². The normalized spacial score (nSPS) is 12.8. The van der Waals surface area contributed by atoms with E-state index in [4.69, 9.17) is 4.74 Å². The Morgan fingerprint density at radius 3 is 2.27 bits per heavy atom. The monoisotopic (exact) mass is 563 g/mol. The van der Waals surface area contributed by atoms with Crippen molar-refractivity contribution in [3.63, 3.8) is 0 Å². The molecule has 0 fully saturated rings. The molecule has 0 aromatic heterocycles. The molecule has 0 radical (unpaired) electrons. The van der Waals surface area contributed by atoms with Crippen molar-refractivity contribution in [2.24, 2.45) is 0 Å². The SMILES string of the molecule is CCCCCCN(C(=O)C(CO)NC(=O)OC(C)(C)C)C(C(=O)Nc1ccc2ccccc2c1)c1ccccc1O. The third-order valence-corrected chi connectivity index (χ3v) is 6.52. The number of fused-ring (bicyclic) bond motifs is 1. The molecular formula is C32H41N3O6. The molecule has 9 nitrogen and oxygen atoms in total. The number of nitrogens with zero attached hydrogens (tertiary/aromatic N) is 1. The van der Waals surface area contributed by atoms with Crippen LogP contribution in [0, 0.1) is 0 Å². The van der Waals surface area contributed by atoms with Gasteiger partial charge in [-0.1, -0.05) is 74.7 Å². The van der Waals surface area contributed by atoms with Crippen molar-refractivity contribution in [3.05, 3.63) is 72.3 Å². The third kappa shape index (κ3) is 8.94. The fourth-order valence-corrected chi connectivity index (χ4v) is 4.56. The maximum atomic E-state index is 14.0. The van der Waals surface area contributed by atoms with E-state index in [1.807, 2.05) is 36.4 Å². The quantitative estimate of drug-likeness (QED) is 0.215. The molecule has 0 heterocycles. The van der Waals surface area contributed by atoms with Crippen molar-refractivity contribution in [1.82, 2.24) is 10.2 Å². The number of phenols is 1. The number of aliphatic hydroxyl groups is 1. The number of unbranched alkanes of at least 4 members (excludes halogenated alkanes) is 3. The van der Waals surface area contributed by atoms with Crippen LogP contribution in [-0.4, -0.2) is 57.8 Å². The van der Waals surface area contributed by atoms with Gasteiger partial charge in [0.25, 0.3) is 5.91 Å². The van der Waals surface area contributed by atoms with E-state index in [0.29, 0.717) is 12.1 Å². The molecule has 0 bridgehead atoms. The lowest BCUT2D eigenvalue weighted by Crippen LogP contribution is -2.54. The first kappa shape index (κ1) is 31.4. The molecule has 220 valence electrons. The minimum atomic E-state index is -1.36. The number of ether oxygens (including phenoxy) is 1. The lowest BCUT2D eigenvalue weighted by Gasteiger charge is -2.34. The van der Waals surface area contributed by atoms with Gasteiger partial charge in [-0.25, -0.2) is 4.79 Å². The summed E-state index contributed by atoms with van der Waals surface area (Å²) in [6.45, 7) is 6.59. The number of carbonyl (C=O) groups excluding carboxylic acids is 3. The van der Waals surface area contributed by atoms with E-state index in [1.54, 1.807) is 45.0 Å². The maximum Gasteiger partial charge on any atom is 0.408 e. The van der Waals surface area contributed by atoms with Gasteiger partial charge in [-0.15, -0.1) is 0 Å². The number of para-hydroxylation sites is 1. The molecule has 3 amide bonds. The second-order valence-corrected chi connectivity index (χ2v) is 11.0. The van der Waals surface area contributed by atoms with E-state index in [2.05, 4.69) is 17.6 Å². The largest absolute Gasteiger partial charge is 0.508 e. The Kier molecular flexibility index (Phi) is 11.1. The maximum absolute atomic E-state index is 14.0. The zero-order valence-corrected chi connectivity index (χ0v) is 24.2. The summed E-state index contributed by atoms with van der Waals surface area (Å²) in [5.41, 5.74) is -0.0628. The van der Waals surface area contributed by atoms with Gasteiger partial charge in [-0.05, 0) is 56.2 Å². The van der Waals surface area contributed by atoms with Gasteiger partial charge in [0.05, 0.1) is 6.61 Å². The first-order valence-electron chi connectivity index (χ1n) is 14.0. The highest BCUT2D eigenvalue weighted by molar-refractivity contribution is 6.00. The summed E-state index contributed by atoms with van der Waals surface area (Å²) in [5, 5.41) is 28.2. The van der Waals surface area contributed by atoms with Crippen LogP contribution in [0.5, 0.6) is 5.75 Å². The average Bonchev–Trinajstić information content (AvgIpc) is 2.92. The number of phenolic OH excluding ortho intramolecular Hbond substituents is 1. The number of carbonyl (C=O) groups is 3.